The summed E-state index contributed by atoms with van der Waals surface area (Å²) in [5.41, 5.74) is 6.72. The van der Waals surface area contributed by atoms with E-state index in [9.17, 15) is 0 Å². The standard InChI is InChI=1S/C13H20N2O/c14-9-3-5-11-6-4-10-15-13(11)16-12-7-1-2-8-12/h4,6,10,12H,1-3,5,7-9,14H2. The van der Waals surface area contributed by atoms with Crippen LogP contribution < -0.4 is 10.5 Å². The van der Waals surface area contributed by atoms with E-state index in [1.54, 1.807) is 6.20 Å². The molecule has 0 aliphatic heterocycles. The van der Waals surface area contributed by atoms with Gasteiger partial charge >= 0.3 is 0 Å². The van der Waals surface area contributed by atoms with Gasteiger partial charge in [0.15, 0.2) is 0 Å². The lowest BCUT2D eigenvalue weighted by Crippen LogP contribution is -2.13. The summed E-state index contributed by atoms with van der Waals surface area (Å²) in [5, 5.41) is 0. The quantitative estimate of drug-likeness (QED) is 0.828. The fraction of sp³-hybridized carbons (Fsp3) is 0.615. The van der Waals surface area contributed by atoms with Crippen LogP contribution in [0.15, 0.2) is 18.3 Å². The molecule has 1 aliphatic carbocycles. The molecule has 2 rings (SSSR count). The Bertz CT molecular complexity index is 321. The van der Waals surface area contributed by atoms with Gasteiger partial charge in [-0.15, -0.1) is 0 Å². The van der Waals surface area contributed by atoms with Crippen LogP contribution in [0.1, 0.15) is 37.7 Å². The summed E-state index contributed by atoms with van der Waals surface area (Å²) >= 11 is 0. The lowest BCUT2D eigenvalue weighted by Gasteiger charge is -2.14. The SMILES string of the molecule is NCCCc1cccnc1OC1CCCC1. The summed E-state index contributed by atoms with van der Waals surface area (Å²) in [6.07, 6.45) is 9.06. The van der Waals surface area contributed by atoms with Crippen LogP contribution in [0.4, 0.5) is 0 Å². The highest BCUT2D eigenvalue weighted by molar-refractivity contribution is 5.25. The Labute approximate surface area is 97.0 Å². The minimum absolute atomic E-state index is 0.381. The van der Waals surface area contributed by atoms with Crippen LogP contribution in [-0.4, -0.2) is 17.6 Å². The van der Waals surface area contributed by atoms with E-state index in [2.05, 4.69) is 11.1 Å². The number of rotatable bonds is 5. The van der Waals surface area contributed by atoms with Crippen molar-refractivity contribution in [2.75, 3.05) is 6.54 Å². The van der Waals surface area contributed by atoms with E-state index in [0.717, 1.165) is 25.3 Å². The van der Waals surface area contributed by atoms with Crippen LogP contribution in [0, 0.1) is 0 Å². The van der Waals surface area contributed by atoms with Crippen LogP contribution >= 0.6 is 0 Å². The van der Waals surface area contributed by atoms with Gasteiger partial charge in [0.1, 0.15) is 6.10 Å². The molecule has 0 saturated heterocycles. The zero-order valence-corrected chi connectivity index (χ0v) is 9.69. The fourth-order valence-electron chi connectivity index (χ4n) is 2.18. The maximum atomic E-state index is 5.95. The maximum Gasteiger partial charge on any atom is 0.216 e. The van der Waals surface area contributed by atoms with E-state index in [0.29, 0.717) is 6.10 Å². The first-order valence-corrected chi connectivity index (χ1v) is 6.21. The molecule has 1 fully saturated rings. The lowest BCUT2D eigenvalue weighted by molar-refractivity contribution is 0.199. The molecule has 1 heterocycles. The van der Waals surface area contributed by atoms with E-state index >= 15 is 0 Å². The number of ether oxygens (including phenoxy) is 1. The third-order valence-corrected chi connectivity index (χ3v) is 3.08. The average molecular weight is 220 g/mol. The Morgan fingerprint density at radius 2 is 2.19 bits per heavy atom. The maximum absolute atomic E-state index is 5.95. The molecule has 0 radical (unpaired) electrons. The van der Waals surface area contributed by atoms with E-state index in [4.69, 9.17) is 10.5 Å². The number of hydrogen-bond donors (Lipinski definition) is 1. The molecule has 0 atom stereocenters. The van der Waals surface area contributed by atoms with E-state index in [1.807, 2.05) is 6.07 Å². The Hall–Kier alpha value is -1.09. The van der Waals surface area contributed by atoms with Gasteiger partial charge < -0.3 is 10.5 Å². The van der Waals surface area contributed by atoms with Crippen molar-refractivity contribution in [1.82, 2.24) is 4.98 Å². The summed E-state index contributed by atoms with van der Waals surface area (Å²) in [4.78, 5) is 4.33. The molecule has 88 valence electrons. The number of aromatic nitrogens is 1. The molecule has 1 aromatic rings. The van der Waals surface area contributed by atoms with Crippen molar-refractivity contribution >= 4 is 0 Å². The van der Waals surface area contributed by atoms with Crippen LogP contribution in [0.3, 0.4) is 0 Å². The molecular weight excluding hydrogens is 200 g/mol. The highest BCUT2D eigenvalue weighted by atomic mass is 16.5. The molecule has 1 saturated carbocycles. The van der Waals surface area contributed by atoms with Crippen LogP contribution in [-0.2, 0) is 6.42 Å². The molecule has 3 nitrogen and oxygen atoms in total. The number of nitrogens with zero attached hydrogens (tertiary/aromatic N) is 1. The van der Waals surface area contributed by atoms with Crippen molar-refractivity contribution in [2.45, 2.75) is 44.6 Å². The molecule has 3 heteroatoms. The first-order chi connectivity index (χ1) is 7.90. The summed E-state index contributed by atoms with van der Waals surface area (Å²) in [6.45, 7) is 0.720. The van der Waals surface area contributed by atoms with E-state index in [1.165, 1.54) is 31.2 Å². The minimum atomic E-state index is 0.381. The molecule has 0 unspecified atom stereocenters. The summed E-state index contributed by atoms with van der Waals surface area (Å²) < 4.78 is 5.95. The molecule has 2 N–H and O–H groups in total. The molecule has 0 spiro atoms. The molecule has 0 aromatic carbocycles. The molecule has 1 aliphatic rings. The zero-order chi connectivity index (χ0) is 11.2. The van der Waals surface area contributed by atoms with Gasteiger partial charge in [0.2, 0.25) is 5.88 Å². The summed E-state index contributed by atoms with van der Waals surface area (Å²) in [5.74, 6) is 0.822. The number of nitrogens with two attached hydrogens (primary N) is 1. The van der Waals surface area contributed by atoms with Gasteiger partial charge in [-0.1, -0.05) is 6.07 Å². The first kappa shape index (κ1) is 11.4. The number of aryl methyl sites for hydroxylation is 1. The Morgan fingerprint density at radius 3 is 2.94 bits per heavy atom. The predicted octanol–water partition coefficient (Wildman–Crippen LogP) is 2.29. The van der Waals surface area contributed by atoms with Gasteiger partial charge in [0.05, 0.1) is 0 Å². The second kappa shape index (κ2) is 5.85. The van der Waals surface area contributed by atoms with Crippen LogP contribution in [0.25, 0.3) is 0 Å². The number of pyridine rings is 1. The highest BCUT2D eigenvalue weighted by Crippen LogP contribution is 2.25. The predicted molar refractivity (Wildman–Crippen MR) is 64.5 cm³/mol. The van der Waals surface area contributed by atoms with Crippen LogP contribution in [0.2, 0.25) is 0 Å². The van der Waals surface area contributed by atoms with Crippen molar-refractivity contribution in [3.63, 3.8) is 0 Å². The van der Waals surface area contributed by atoms with Crippen molar-refractivity contribution < 1.29 is 4.74 Å². The number of hydrogen-bond acceptors (Lipinski definition) is 3. The highest BCUT2D eigenvalue weighted by Gasteiger charge is 2.18. The smallest absolute Gasteiger partial charge is 0.216 e. The summed E-state index contributed by atoms with van der Waals surface area (Å²) in [6, 6.07) is 4.06. The van der Waals surface area contributed by atoms with Crippen molar-refractivity contribution in [3.05, 3.63) is 23.9 Å². The fourth-order valence-corrected chi connectivity index (χ4v) is 2.18. The second-order valence-corrected chi connectivity index (χ2v) is 4.38. The summed E-state index contributed by atoms with van der Waals surface area (Å²) in [7, 11) is 0. The largest absolute Gasteiger partial charge is 0.474 e. The normalized spacial score (nSPS) is 16.6. The molecule has 0 bridgehead atoms. The van der Waals surface area contributed by atoms with Crippen molar-refractivity contribution in [2.24, 2.45) is 5.73 Å². The molecule has 16 heavy (non-hydrogen) atoms. The van der Waals surface area contributed by atoms with Gasteiger partial charge in [-0.3, -0.25) is 0 Å². The van der Waals surface area contributed by atoms with Gasteiger partial charge in [-0.2, -0.15) is 0 Å². The van der Waals surface area contributed by atoms with Gasteiger partial charge in [0.25, 0.3) is 0 Å². The minimum Gasteiger partial charge on any atom is -0.474 e. The second-order valence-electron chi connectivity index (χ2n) is 4.38. The molecule has 0 amide bonds. The van der Waals surface area contributed by atoms with Crippen molar-refractivity contribution in [3.8, 4) is 5.88 Å². The Kier molecular flexibility index (Phi) is 4.17. The Balaban J connectivity index is 2.00. The van der Waals surface area contributed by atoms with Gasteiger partial charge in [-0.25, -0.2) is 4.98 Å². The van der Waals surface area contributed by atoms with E-state index in [-0.39, 0.29) is 0 Å². The zero-order valence-electron chi connectivity index (χ0n) is 9.69. The topological polar surface area (TPSA) is 48.1 Å². The first-order valence-electron chi connectivity index (χ1n) is 6.21. The Morgan fingerprint density at radius 1 is 1.38 bits per heavy atom. The third kappa shape index (κ3) is 2.95. The molecule has 1 aromatic heterocycles. The van der Waals surface area contributed by atoms with Gasteiger partial charge in [-0.05, 0) is 51.1 Å². The van der Waals surface area contributed by atoms with Crippen molar-refractivity contribution in [1.29, 1.82) is 0 Å². The lowest BCUT2D eigenvalue weighted by atomic mass is 10.1. The van der Waals surface area contributed by atoms with E-state index < -0.39 is 0 Å². The monoisotopic (exact) mass is 220 g/mol. The molecular formula is C13H20N2O. The van der Waals surface area contributed by atoms with Gasteiger partial charge in [0, 0.05) is 11.8 Å². The third-order valence-electron chi connectivity index (χ3n) is 3.08. The average Bonchev–Trinajstić information content (AvgIpc) is 2.81. The van der Waals surface area contributed by atoms with Crippen LogP contribution in [0.5, 0.6) is 5.88 Å².